The van der Waals surface area contributed by atoms with Crippen molar-refractivity contribution in [1.29, 1.82) is 0 Å². The van der Waals surface area contributed by atoms with E-state index in [1.165, 1.54) is 23.9 Å². The Balaban J connectivity index is 1.67. The first-order chi connectivity index (χ1) is 13.6. The number of carbonyl (C=O) groups is 1. The van der Waals surface area contributed by atoms with Crippen LogP contribution in [0.1, 0.15) is 18.4 Å². The number of hydrogen-bond donors (Lipinski definition) is 0. The minimum absolute atomic E-state index is 0.0678. The minimum atomic E-state index is -0.321. The third-order valence-electron chi connectivity index (χ3n) is 4.86. The molecule has 0 aliphatic carbocycles. The van der Waals surface area contributed by atoms with E-state index in [1.54, 1.807) is 34.9 Å². The molecule has 1 aliphatic heterocycles. The van der Waals surface area contributed by atoms with E-state index in [0.717, 1.165) is 31.5 Å². The molecule has 4 rings (SSSR count). The molecular formula is C21H20FN3O2S. The zero-order chi connectivity index (χ0) is 19.5. The average molecular weight is 397 g/mol. The highest BCUT2D eigenvalue weighted by Gasteiger charge is 2.19. The Morgan fingerprint density at radius 3 is 2.54 bits per heavy atom. The molecule has 1 aliphatic rings. The molecule has 0 N–H and O–H groups in total. The van der Waals surface area contributed by atoms with E-state index in [2.05, 4.69) is 4.98 Å². The number of fused-ring (bicyclic) bond motifs is 1. The summed E-state index contributed by atoms with van der Waals surface area (Å²) in [7, 11) is 0. The van der Waals surface area contributed by atoms with Gasteiger partial charge in [0, 0.05) is 13.1 Å². The van der Waals surface area contributed by atoms with Crippen LogP contribution in [-0.2, 0) is 11.3 Å². The number of nitrogens with zero attached hydrogens (tertiary/aromatic N) is 3. The van der Waals surface area contributed by atoms with Gasteiger partial charge < -0.3 is 4.90 Å². The van der Waals surface area contributed by atoms with Crippen molar-refractivity contribution in [2.24, 2.45) is 0 Å². The van der Waals surface area contributed by atoms with Crippen LogP contribution in [0, 0.1) is 5.82 Å². The highest BCUT2D eigenvalue weighted by Crippen LogP contribution is 2.20. The van der Waals surface area contributed by atoms with Crippen molar-refractivity contribution in [2.75, 3.05) is 18.8 Å². The van der Waals surface area contributed by atoms with Crippen LogP contribution in [0.4, 0.5) is 4.39 Å². The molecule has 28 heavy (non-hydrogen) atoms. The van der Waals surface area contributed by atoms with Gasteiger partial charge in [-0.25, -0.2) is 9.37 Å². The number of halogens is 1. The van der Waals surface area contributed by atoms with Crippen LogP contribution >= 0.6 is 11.8 Å². The number of para-hydroxylation sites is 1. The fourth-order valence-corrected chi connectivity index (χ4v) is 4.26. The summed E-state index contributed by atoms with van der Waals surface area (Å²) in [5.74, 6) is -0.00874. The molecule has 1 amide bonds. The molecule has 0 spiro atoms. The van der Waals surface area contributed by atoms with Crippen molar-refractivity contribution in [3.05, 3.63) is 70.3 Å². The Kier molecular flexibility index (Phi) is 5.43. The quantitative estimate of drug-likeness (QED) is 0.490. The van der Waals surface area contributed by atoms with Gasteiger partial charge in [0.15, 0.2) is 5.16 Å². The molecule has 2 heterocycles. The zero-order valence-corrected chi connectivity index (χ0v) is 16.1. The highest BCUT2D eigenvalue weighted by molar-refractivity contribution is 7.99. The van der Waals surface area contributed by atoms with E-state index in [1.807, 2.05) is 11.0 Å². The molecule has 0 radical (unpaired) electrons. The zero-order valence-electron chi connectivity index (χ0n) is 15.3. The van der Waals surface area contributed by atoms with Gasteiger partial charge in [-0.2, -0.15) is 0 Å². The van der Waals surface area contributed by atoms with Crippen LogP contribution in [-0.4, -0.2) is 39.2 Å². The van der Waals surface area contributed by atoms with Gasteiger partial charge in [-0.15, -0.1) is 0 Å². The number of likely N-dealkylation sites (tertiary alicyclic amines) is 1. The molecule has 1 saturated heterocycles. The second-order valence-electron chi connectivity index (χ2n) is 6.81. The Hall–Kier alpha value is -2.67. The van der Waals surface area contributed by atoms with Crippen LogP contribution in [0.25, 0.3) is 10.9 Å². The van der Waals surface area contributed by atoms with Crippen molar-refractivity contribution >= 4 is 28.6 Å². The molecule has 3 aromatic rings. The van der Waals surface area contributed by atoms with Crippen LogP contribution in [0.3, 0.4) is 0 Å². The fraction of sp³-hybridized carbons (Fsp3) is 0.286. The van der Waals surface area contributed by atoms with E-state index in [-0.39, 0.29) is 29.6 Å². The summed E-state index contributed by atoms with van der Waals surface area (Å²) in [5, 5.41) is 1.03. The van der Waals surface area contributed by atoms with Gasteiger partial charge in [0.1, 0.15) is 5.82 Å². The van der Waals surface area contributed by atoms with Crippen LogP contribution < -0.4 is 5.56 Å². The number of thioether (sulfide) groups is 1. The van der Waals surface area contributed by atoms with Gasteiger partial charge in [-0.1, -0.05) is 36.0 Å². The Labute approximate surface area is 166 Å². The second-order valence-corrected chi connectivity index (χ2v) is 7.75. The summed E-state index contributed by atoms with van der Waals surface area (Å²) >= 11 is 1.28. The smallest absolute Gasteiger partial charge is 0.262 e. The topological polar surface area (TPSA) is 55.2 Å². The van der Waals surface area contributed by atoms with E-state index >= 15 is 0 Å². The summed E-state index contributed by atoms with van der Waals surface area (Å²) in [6, 6.07) is 13.2. The largest absolute Gasteiger partial charge is 0.342 e. The van der Waals surface area contributed by atoms with Gasteiger partial charge in [0.2, 0.25) is 5.91 Å². The van der Waals surface area contributed by atoms with E-state index < -0.39 is 0 Å². The summed E-state index contributed by atoms with van der Waals surface area (Å²) < 4.78 is 14.8. The second kappa shape index (κ2) is 8.14. The Morgan fingerprint density at radius 2 is 1.79 bits per heavy atom. The molecule has 1 aromatic heterocycles. The molecule has 7 heteroatoms. The predicted molar refractivity (Wildman–Crippen MR) is 108 cm³/mol. The lowest BCUT2D eigenvalue weighted by molar-refractivity contribution is -0.127. The normalized spacial score (nSPS) is 14.0. The molecule has 0 bridgehead atoms. The molecule has 0 saturated carbocycles. The van der Waals surface area contributed by atoms with E-state index in [4.69, 9.17) is 0 Å². The van der Waals surface area contributed by atoms with Crippen LogP contribution in [0.15, 0.2) is 58.5 Å². The van der Waals surface area contributed by atoms with Crippen molar-refractivity contribution in [1.82, 2.24) is 14.5 Å². The fourth-order valence-electron chi connectivity index (χ4n) is 3.35. The van der Waals surface area contributed by atoms with E-state index in [0.29, 0.717) is 16.1 Å². The first-order valence-electron chi connectivity index (χ1n) is 9.26. The molecule has 144 valence electrons. The molecule has 1 fully saturated rings. The van der Waals surface area contributed by atoms with Crippen molar-refractivity contribution in [3.63, 3.8) is 0 Å². The number of hydrogen-bond acceptors (Lipinski definition) is 4. The first kappa shape index (κ1) is 18.7. The highest BCUT2D eigenvalue weighted by atomic mass is 32.2. The van der Waals surface area contributed by atoms with E-state index in [9.17, 15) is 14.0 Å². The third-order valence-corrected chi connectivity index (χ3v) is 5.83. The summed E-state index contributed by atoms with van der Waals surface area (Å²) in [4.78, 5) is 32.0. The number of carbonyl (C=O) groups excluding carboxylic acids is 1. The monoisotopic (exact) mass is 397 g/mol. The first-order valence-corrected chi connectivity index (χ1v) is 10.2. The molecule has 0 unspecified atom stereocenters. The van der Waals surface area contributed by atoms with Crippen molar-refractivity contribution in [3.8, 4) is 0 Å². The van der Waals surface area contributed by atoms with Crippen LogP contribution in [0.2, 0.25) is 0 Å². The maximum atomic E-state index is 13.2. The van der Waals surface area contributed by atoms with Crippen LogP contribution in [0.5, 0.6) is 0 Å². The van der Waals surface area contributed by atoms with Crippen molar-refractivity contribution in [2.45, 2.75) is 24.5 Å². The molecule has 0 atom stereocenters. The van der Waals surface area contributed by atoms with Gasteiger partial charge in [0.05, 0.1) is 23.2 Å². The summed E-state index contributed by atoms with van der Waals surface area (Å²) in [6.07, 6.45) is 2.08. The summed E-state index contributed by atoms with van der Waals surface area (Å²) in [5.41, 5.74) is 1.25. The Morgan fingerprint density at radius 1 is 1.07 bits per heavy atom. The molecule has 5 nitrogen and oxygen atoms in total. The maximum Gasteiger partial charge on any atom is 0.262 e. The number of benzene rings is 2. The van der Waals surface area contributed by atoms with Gasteiger partial charge in [0.25, 0.3) is 5.56 Å². The van der Waals surface area contributed by atoms with Gasteiger partial charge >= 0.3 is 0 Å². The maximum absolute atomic E-state index is 13.2. The van der Waals surface area contributed by atoms with Gasteiger partial charge in [-0.05, 0) is 42.7 Å². The number of rotatable bonds is 5. The standard InChI is InChI=1S/C21H20FN3O2S/c22-16-9-7-15(8-10-16)13-25-20(27)17-5-1-2-6-18(17)23-21(25)28-14-19(26)24-11-3-4-12-24/h1-2,5-10H,3-4,11-14H2. The summed E-state index contributed by atoms with van der Waals surface area (Å²) in [6.45, 7) is 1.87. The minimum Gasteiger partial charge on any atom is -0.342 e. The lowest BCUT2D eigenvalue weighted by Crippen LogP contribution is -2.30. The van der Waals surface area contributed by atoms with Gasteiger partial charge in [-0.3, -0.25) is 14.2 Å². The lowest BCUT2D eigenvalue weighted by atomic mass is 10.2. The molecule has 2 aromatic carbocycles. The number of amides is 1. The molecular weight excluding hydrogens is 377 g/mol. The predicted octanol–water partition coefficient (Wildman–Crippen LogP) is 3.30. The average Bonchev–Trinajstić information content (AvgIpc) is 3.25. The third kappa shape index (κ3) is 3.94. The van der Waals surface area contributed by atoms with Crippen molar-refractivity contribution < 1.29 is 9.18 Å². The Bertz CT molecular complexity index is 1060. The number of aromatic nitrogens is 2. The lowest BCUT2D eigenvalue weighted by Gasteiger charge is -2.16. The SMILES string of the molecule is O=C(CSc1nc2ccccc2c(=O)n1Cc1ccc(F)cc1)N1CCCC1.